The van der Waals surface area contributed by atoms with Crippen LogP contribution in [0.5, 0.6) is 0 Å². The first kappa shape index (κ1) is 14.1. The van der Waals surface area contributed by atoms with Crippen LogP contribution >= 0.6 is 15.9 Å². The first-order valence-electron chi connectivity index (χ1n) is 5.90. The number of aliphatic hydroxyl groups excluding tert-OH is 1. The van der Waals surface area contributed by atoms with E-state index in [0.29, 0.717) is 25.3 Å². The number of aliphatic hydroxyl groups is 1. The third-order valence-electron chi connectivity index (χ3n) is 3.10. The average Bonchev–Trinajstić information content (AvgIpc) is 2.46. The predicted molar refractivity (Wildman–Crippen MR) is 75.7 cm³/mol. The summed E-state index contributed by atoms with van der Waals surface area (Å²) in [6.07, 6.45) is 0. The summed E-state index contributed by atoms with van der Waals surface area (Å²) in [6, 6.07) is 5.45. The van der Waals surface area contributed by atoms with Crippen molar-refractivity contribution in [3.63, 3.8) is 0 Å². The van der Waals surface area contributed by atoms with E-state index >= 15 is 0 Å². The van der Waals surface area contributed by atoms with Crippen LogP contribution in [0.4, 0.5) is 5.69 Å². The first-order valence-corrected chi connectivity index (χ1v) is 6.70. The van der Waals surface area contributed by atoms with Crippen molar-refractivity contribution in [2.45, 2.75) is 6.04 Å². The minimum atomic E-state index is -0.131. The number of halogens is 1. The molecule has 0 saturated carbocycles. The summed E-state index contributed by atoms with van der Waals surface area (Å²) in [5.41, 5.74) is 7.17. The molecule has 0 aliphatic carbocycles. The summed E-state index contributed by atoms with van der Waals surface area (Å²) in [4.78, 5) is 2.02. The summed E-state index contributed by atoms with van der Waals surface area (Å²) in [7, 11) is 0. The zero-order chi connectivity index (χ0) is 13.8. The highest BCUT2D eigenvalue weighted by Crippen LogP contribution is 2.30. The van der Waals surface area contributed by atoms with E-state index in [1.54, 1.807) is 0 Å². The number of benzene rings is 1. The van der Waals surface area contributed by atoms with Gasteiger partial charge in [-0.3, -0.25) is 0 Å². The molecule has 1 fully saturated rings. The van der Waals surface area contributed by atoms with Crippen molar-refractivity contribution in [2.75, 3.05) is 31.3 Å². The Kier molecular flexibility index (Phi) is 4.62. The molecule has 1 aliphatic rings. The summed E-state index contributed by atoms with van der Waals surface area (Å²) < 4.78 is 6.10. The number of ether oxygens (including phenoxy) is 1. The molecule has 0 amide bonds. The standard InChI is InChI=1S/C12H16BrN3O3/c13-9-2-1-3-10(11(9)12(14)15-18)16-4-5-19-7-8(16)6-17/h1-3,8,17-18H,4-7H2,(H2,14,15). The zero-order valence-corrected chi connectivity index (χ0v) is 11.9. The largest absolute Gasteiger partial charge is 0.409 e. The molecule has 1 heterocycles. The van der Waals surface area contributed by atoms with Crippen molar-refractivity contribution in [3.05, 3.63) is 28.2 Å². The van der Waals surface area contributed by atoms with Crippen LogP contribution in [0.25, 0.3) is 0 Å². The van der Waals surface area contributed by atoms with Crippen LogP contribution in [0.15, 0.2) is 27.8 Å². The lowest BCUT2D eigenvalue weighted by Gasteiger charge is -2.37. The van der Waals surface area contributed by atoms with Gasteiger partial charge in [0, 0.05) is 16.7 Å². The quantitative estimate of drug-likeness (QED) is 0.329. The van der Waals surface area contributed by atoms with Crippen molar-refractivity contribution >= 4 is 27.5 Å². The van der Waals surface area contributed by atoms with E-state index in [9.17, 15) is 5.11 Å². The Balaban J connectivity index is 2.46. The Morgan fingerprint density at radius 1 is 1.58 bits per heavy atom. The highest BCUT2D eigenvalue weighted by molar-refractivity contribution is 9.10. The van der Waals surface area contributed by atoms with E-state index in [-0.39, 0.29) is 18.5 Å². The molecule has 104 valence electrons. The van der Waals surface area contributed by atoms with Crippen molar-refractivity contribution in [1.82, 2.24) is 0 Å². The van der Waals surface area contributed by atoms with Crippen molar-refractivity contribution in [1.29, 1.82) is 0 Å². The lowest BCUT2D eigenvalue weighted by atomic mass is 10.1. The smallest absolute Gasteiger partial charge is 0.173 e. The Bertz CT molecular complexity index is 481. The molecule has 0 radical (unpaired) electrons. The maximum Gasteiger partial charge on any atom is 0.173 e. The first-order chi connectivity index (χ1) is 9.19. The normalized spacial score (nSPS) is 20.6. The molecule has 19 heavy (non-hydrogen) atoms. The van der Waals surface area contributed by atoms with Crippen LogP contribution in [0.3, 0.4) is 0 Å². The Labute approximate surface area is 119 Å². The molecule has 1 saturated heterocycles. The van der Waals surface area contributed by atoms with Crippen molar-refractivity contribution in [2.24, 2.45) is 10.9 Å². The Morgan fingerprint density at radius 3 is 3.05 bits per heavy atom. The highest BCUT2D eigenvalue weighted by Gasteiger charge is 2.26. The number of hydrogen-bond acceptors (Lipinski definition) is 5. The maximum absolute atomic E-state index is 9.43. The second-order valence-corrected chi connectivity index (χ2v) is 5.08. The van der Waals surface area contributed by atoms with Gasteiger partial charge >= 0.3 is 0 Å². The fourth-order valence-corrected chi connectivity index (χ4v) is 2.74. The number of anilines is 1. The van der Waals surface area contributed by atoms with Crippen LogP contribution in [0.1, 0.15) is 5.56 Å². The third kappa shape index (κ3) is 2.83. The molecule has 6 nitrogen and oxygen atoms in total. The molecule has 1 aromatic rings. The van der Waals surface area contributed by atoms with Crippen LogP contribution < -0.4 is 10.6 Å². The maximum atomic E-state index is 9.43. The number of nitrogens with two attached hydrogens (primary N) is 1. The lowest BCUT2D eigenvalue weighted by molar-refractivity contribution is 0.0727. The molecule has 1 atom stereocenters. The monoisotopic (exact) mass is 329 g/mol. The Morgan fingerprint density at radius 2 is 2.37 bits per heavy atom. The summed E-state index contributed by atoms with van der Waals surface area (Å²) >= 11 is 3.40. The van der Waals surface area contributed by atoms with Gasteiger partial charge in [-0.05, 0) is 28.1 Å². The number of amidine groups is 1. The molecule has 7 heteroatoms. The van der Waals surface area contributed by atoms with E-state index < -0.39 is 0 Å². The molecule has 0 spiro atoms. The number of rotatable bonds is 3. The highest BCUT2D eigenvalue weighted by atomic mass is 79.9. The molecule has 2 rings (SSSR count). The predicted octanol–water partition coefficient (Wildman–Crippen LogP) is 0.741. The van der Waals surface area contributed by atoms with E-state index in [2.05, 4.69) is 21.1 Å². The van der Waals surface area contributed by atoms with E-state index in [1.807, 2.05) is 23.1 Å². The van der Waals surface area contributed by atoms with Gasteiger partial charge in [0.25, 0.3) is 0 Å². The zero-order valence-electron chi connectivity index (χ0n) is 10.3. The number of hydrogen-bond donors (Lipinski definition) is 3. The minimum absolute atomic E-state index is 0.0118. The van der Waals surface area contributed by atoms with Gasteiger partial charge in [-0.2, -0.15) is 0 Å². The fourth-order valence-electron chi connectivity index (χ4n) is 2.18. The summed E-state index contributed by atoms with van der Waals surface area (Å²) in [5.74, 6) is 0.0330. The van der Waals surface area contributed by atoms with Crippen molar-refractivity contribution < 1.29 is 15.1 Å². The molecule has 0 bridgehead atoms. The number of nitrogens with zero attached hydrogens (tertiary/aromatic N) is 2. The van der Waals surface area contributed by atoms with Gasteiger partial charge in [-0.25, -0.2) is 0 Å². The number of oxime groups is 1. The fraction of sp³-hybridized carbons (Fsp3) is 0.417. The SMILES string of the molecule is N/C(=N/O)c1c(Br)cccc1N1CCOCC1CO. The lowest BCUT2D eigenvalue weighted by Crippen LogP contribution is -2.48. The van der Waals surface area contributed by atoms with E-state index in [0.717, 1.165) is 10.2 Å². The molecule has 1 aromatic carbocycles. The Hall–Kier alpha value is -1.31. The summed E-state index contributed by atoms with van der Waals surface area (Å²) in [6.45, 7) is 1.67. The molecular weight excluding hydrogens is 314 g/mol. The molecule has 0 aromatic heterocycles. The average molecular weight is 330 g/mol. The molecule has 4 N–H and O–H groups in total. The van der Waals surface area contributed by atoms with Gasteiger partial charge in [0.1, 0.15) is 0 Å². The van der Waals surface area contributed by atoms with Gasteiger partial charge in [-0.1, -0.05) is 11.2 Å². The van der Waals surface area contributed by atoms with Gasteiger partial charge < -0.3 is 25.7 Å². The van der Waals surface area contributed by atoms with Crippen LogP contribution in [0, 0.1) is 0 Å². The second-order valence-electron chi connectivity index (χ2n) is 4.22. The molecule has 1 aliphatic heterocycles. The van der Waals surface area contributed by atoms with E-state index in [4.69, 9.17) is 15.7 Å². The topological polar surface area (TPSA) is 91.3 Å². The van der Waals surface area contributed by atoms with Crippen LogP contribution in [-0.4, -0.2) is 48.6 Å². The van der Waals surface area contributed by atoms with Gasteiger partial charge in [0.15, 0.2) is 5.84 Å². The summed E-state index contributed by atoms with van der Waals surface area (Å²) in [5, 5.41) is 21.4. The number of morpholine rings is 1. The van der Waals surface area contributed by atoms with Crippen LogP contribution in [0.2, 0.25) is 0 Å². The molecular formula is C12H16BrN3O3. The van der Waals surface area contributed by atoms with Crippen LogP contribution in [-0.2, 0) is 4.74 Å². The van der Waals surface area contributed by atoms with Gasteiger partial charge in [0.05, 0.1) is 31.4 Å². The van der Waals surface area contributed by atoms with Gasteiger partial charge in [-0.15, -0.1) is 0 Å². The third-order valence-corrected chi connectivity index (χ3v) is 3.76. The minimum Gasteiger partial charge on any atom is -0.409 e. The van der Waals surface area contributed by atoms with Crippen molar-refractivity contribution in [3.8, 4) is 0 Å². The molecule has 1 unspecified atom stereocenters. The van der Waals surface area contributed by atoms with E-state index in [1.165, 1.54) is 0 Å². The van der Waals surface area contributed by atoms with Gasteiger partial charge in [0.2, 0.25) is 0 Å². The second kappa shape index (κ2) is 6.23.